The van der Waals surface area contributed by atoms with Gasteiger partial charge in [-0.1, -0.05) is 23.8 Å². The molecule has 20 heavy (non-hydrogen) atoms. The van der Waals surface area contributed by atoms with Crippen LogP contribution in [0.1, 0.15) is 21.6 Å². The molecule has 0 unspecified atom stereocenters. The van der Waals surface area contributed by atoms with Crippen molar-refractivity contribution in [2.24, 2.45) is 0 Å². The Morgan fingerprint density at radius 2 is 1.90 bits per heavy atom. The Kier molecular flexibility index (Phi) is 4.45. The van der Waals surface area contributed by atoms with Gasteiger partial charge in [0.1, 0.15) is 0 Å². The molecule has 0 spiro atoms. The van der Waals surface area contributed by atoms with Crippen molar-refractivity contribution in [1.82, 2.24) is 5.06 Å². The second-order valence-corrected chi connectivity index (χ2v) is 6.00. The molecule has 1 aromatic heterocycles. The highest BCUT2D eigenvalue weighted by atomic mass is 32.1. The molecule has 2 rings (SSSR count). The van der Waals surface area contributed by atoms with Crippen LogP contribution in [0.15, 0.2) is 29.6 Å². The summed E-state index contributed by atoms with van der Waals surface area (Å²) < 4.78 is 0. The van der Waals surface area contributed by atoms with Crippen molar-refractivity contribution in [2.75, 3.05) is 7.05 Å². The molecule has 0 aliphatic heterocycles. The Bertz CT molecular complexity index is 582. The smallest absolute Gasteiger partial charge is 0.260 e. The minimum absolute atomic E-state index is 0.0492. The standard InChI is InChI=1S/C16H19NO2S/c1-11-8-12(2)16(13(3)9-11)19-17(4)15(18)10-14-6-5-7-20-14/h5-9H,10H2,1-4H3. The largest absolute Gasteiger partial charge is 0.377 e. The molecule has 0 aliphatic carbocycles. The second kappa shape index (κ2) is 6.09. The monoisotopic (exact) mass is 289 g/mol. The van der Waals surface area contributed by atoms with E-state index in [0.29, 0.717) is 6.42 Å². The summed E-state index contributed by atoms with van der Waals surface area (Å²) in [7, 11) is 1.66. The Hall–Kier alpha value is -1.81. The summed E-state index contributed by atoms with van der Waals surface area (Å²) in [4.78, 5) is 18.9. The van der Waals surface area contributed by atoms with Crippen LogP contribution in [-0.2, 0) is 11.2 Å². The number of amides is 1. The number of hydroxylamine groups is 2. The Balaban J connectivity index is 2.08. The molecule has 106 valence electrons. The summed E-state index contributed by atoms with van der Waals surface area (Å²) >= 11 is 1.58. The number of nitrogens with zero attached hydrogens (tertiary/aromatic N) is 1. The van der Waals surface area contributed by atoms with Crippen LogP contribution in [-0.4, -0.2) is 18.0 Å². The highest BCUT2D eigenvalue weighted by Crippen LogP contribution is 2.25. The maximum Gasteiger partial charge on any atom is 0.260 e. The lowest BCUT2D eigenvalue weighted by Gasteiger charge is -2.20. The molecule has 1 aromatic carbocycles. The molecule has 0 bridgehead atoms. The molecule has 0 N–H and O–H groups in total. The second-order valence-electron chi connectivity index (χ2n) is 4.97. The zero-order valence-corrected chi connectivity index (χ0v) is 13.1. The van der Waals surface area contributed by atoms with Crippen molar-refractivity contribution >= 4 is 17.2 Å². The minimum atomic E-state index is -0.0492. The topological polar surface area (TPSA) is 29.5 Å². The van der Waals surface area contributed by atoms with Gasteiger partial charge in [-0.3, -0.25) is 4.79 Å². The molecule has 0 saturated heterocycles. The zero-order valence-electron chi connectivity index (χ0n) is 12.3. The zero-order chi connectivity index (χ0) is 14.7. The normalized spacial score (nSPS) is 10.4. The fourth-order valence-corrected chi connectivity index (χ4v) is 2.87. The summed E-state index contributed by atoms with van der Waals surface area (Å²) in [6.45, 7) is 6.04. The fourth-order valence-electron chi connectivity index (χ4n) is 2.17. The van der Waals surface area contributed by atoms with Gasteiger partial charge in [0.2, 0.25) is 0 Å². The molecule has 1 amide bonds. The molecule has 0 fully saturated rings. The number of carbonyl (C=O) groups is 1. The van der Waals surface area contributed by atoms with Crippen LogP contribution in [0.5, 0.6) is 5.75 Å². The van der Waals surface area contributed by atoms with Gasteiger partial charge in [-0.05, 0) is 43.3 Å². The van der Waals surface area contributed by atoms with E-state index >= 15 is 0 Å². The lowest BCUT2D eigenvalue weighted by molar-refractivity contribution is -0.151. The molecule has 0 radical (unpaired) electrons. The van der Waals surface area contributed by atoms with Crippen LogP contribution in [0.4, 0.5) is 0 Å². The molecule has 0 saturated carbocycles. The van der Waals surface area contributed by atoms with Crippen LogP contribution in [0.3, 0.4) is 0 Å². The van der Waals surface area contributed by atoms with Crippen molar-refractivity contribution in [3.8, 4) is 5.75 Å². The average molecular weight is 289 g/mol. The van der Waals surface area contributed by atoms with E-state index in [2.05, 4.69) is 19.1 Å². The van der Waals surface area contributed by atoms with Crippen molar-refractivity contribution in [3.63, 3.8) is 0 Å². The Morgan fingerprint density at radius 3 is 2.45 bits per heavy atom. The summed E-state index contributed by atoms with van der Waals surface area (Å²) in [6.07, 6.45) is 0.373. The molecule has 4 heteroatoms. The van der Waals surface area contributed by atoms with Crippen molar-refractivity contribution < 1.29 is 9.63 Å². The number of hydrogen-bond acceptors (Lipinski definition) is 3. The number of aryl methyl sites for hydroxylation is 3. The predicted octanol–water partition coefficient (Wildman–Crippen LogP) is 3.67. The summed E-state index contributed by atoms with van der Waals surface area (Å²) in [5.41, 5.74) is 3.27. The van der Waals surface area contributed by atoms with Crippen LogP contribution in [0.2, 0.25) is 0 Å². The lowest BCUT2D eigenvalue weighted by atomic mass is 10.1. The van der Waals surface area contributed by atoms with Crippen molar-refractivity contribution in [3.05, 3.63) is 51.2 Å². The van der Waals surface area contributed by atoms with E-state index in [1.54, 1.807) is 18.4 Å². The van der Waals surface area contributed by atoms with Gasteiger partial charge in [-0.25, -0.2) is 0 Å². The lowest BCUT2D eigenvalue weighted by Crippen LogP contribution is -2.31. The minimum Gasteiger partial charge on any atom is -0.377 e. The molecule has 1 heterocycles. The molecular formula is C16H19NO2S. The van der Waals surface area contributed by atoms with E-state index in [-0.39, 0.29) is 5.91 Å². The molecule has 0 aliphatic rings. The number of benzene rings is 1. The maximum atomic E-state index is 12.1. The van der Waals surface area contributed by atoms with E-state index in [4.69, 9.17) is 4.84 Å². The van der Waals surface area contributed by atoms with Gasteiger partial charge in [0, 0.05) is 11.9 Å². The van der Waals surface area contributed by atoms with Crippen LogP contribution < -0.4 is 4.84 Å². The van der Waals surface area contributed by atoms with Crippen LogP contribution >= 0.6 is 11.3 Å². The van der Waals surface area contributed by atoms with Gasteiger partial charge in [-0.15, -0.1) is 11.3 Å². The molecule has 2 aromatic rings. The average Bonchev–Trinajstić information content (AvgIpc) is 2.86. The molecular weight excluding hydrogens is 270 g/mol. The number of thiophene rings is 1. The quantitative estimate of drug-likeness (QED) is 0.804. The third-order valence-electron chi connectivity index (χ3n) is 3.09. The summed E-state index contributed by atoms with van der Waals surface area (Å²) in [6, 6.07) is 8.01. The van der Waals surface area contributed by atoms with Crippen LogP contribution in [0, 0.1) is 20.8 Å². The Labute approximate surface area is 123 Å². The predicted molar refractivity (Wildman–Crippen MR) is 82.1 cm³/mol. The first-order chi connectivity index (χ1) is 9.47. The molecule has 0 atom stereocenters. The van der Waals surface area contributed by atoms with E-state index in [1.165, 1.54) is 10.6 Å². The van der Waals surface area contributed by atoms with E-state index < -0.39 is 0 Å². The van der Waals surface area contributed by atoms with Gasteiger partial charge in [0.15, 0.2) is 5.75 Å². The molecule has 3 nitrogen and oxygen atoms in total. The van der Waals surface area contributed by atoms with E-state index in [0.717, 1.165) is 21.8 Å². The van der Waals surface area contributed by atoms with Gasteiger partial charge in [0.05, 0.1) is 6.42 Å². The highest BCUT2D eigenvalue weighted by Gasteiger charge is 2.15. The maximum absolute atomic E-state index is 12.1. The number of hydrogen-bond donors (Lipinski definition) is 0. The first-order valence-electron chi connectivity index (χ1n) is 6.52. The van der Waals surface area contributed by atoms with Gasteiger partial charge in [-0.2, -0.15) is 5.06 Å². The van der Waals surface area contributed by atoms with Gasteiger partial charge >= 0.3 is 0 Å². The first-order valence-corrected chi connectivity index (χ1v) is 7.40. The van der Waals surface area contributed by atoms with Gasteiger partial charge in [0.25, 0.3) is 5.91 Å². The third kappa shape index (κ3) is 3.39. The number of rotatable bonds is 4. The van der Waals surface area contributed by atoms with Crippen molar-refractivity contribution in [1.29, 1.82) is 0 Å². The SMILES string of the molecule is Cc1cc(C)c(ON(C)C(=O)Cc2cccs2)c(C)c1. The fraction of sp³-hybridized carbons (Fsp3) is 0.312. The first kappa shape index (κ1) is 14.6. The summed E-state index contributed by atoms with van der Waals surface area (Å²) in [5.74, 6) is 0.712. The highest BCUT2D eigenvalue weighted by molar-refractivity contribution is 7.10. The number of carbonyl (C=O) groups excluding carboxylic acids is 1. The van der Waals surface area contributed by atoms with Crippen LogP contribution in [0.25, 0.3) is 0 Å². The third-order valence-corrected chi connectivity index (χ3v) is 3.97. The van der Waals surface area contributed by atoms with Gasteiger partial charge < -0.3 is 4.84 Å². The van der Waals surface area contributed by atoms with E-state index in [1.807, 2.05) is 31.4 Å². The van der Waals surface area contributed by atoms with Crippen molar-refractivity contribution in [2.45, 2.75) is 27.2 Å². The Morgan fingerprint density at radius 1 is 1.25 bits per heavy atom. The van der Waals surface area contributed by atoms with E-state index in [9.17, 15) is 4.79 Å². The summed E-state index contributed by atoms with van der Waals surface area (Å²) in [5, 5.41) is 3.29. The number of likely N-dealkylation sites (N-methyl/N-ethyl adjacent to an activating group) is 1.